The Morgan fingerprint density at radius 1 is 1.14 bits per heavy atom. The molecule has 2 N–H and O–H groups in total. The Labute approximate surface area is 207 Å². The van der Waals surface area contributed by atoms with Crippen LogP contribution in [0.15, 0.2) is 42.5 Å². The van der Waals surface area contributed by atoms with Crippen molar-refractivity contribution in [2.45, 2.75) is 39.5 Å². The van der Waals surface area contributed by atoms with E-state index in [1.807, 2.05) is 36.4 Å². The minimum atomic E-state index is -0.576. The maximum Gasteiger partial charge on any atom is 0.346 e. The van der Waals surface area contributed by atoms with Crippen LogP contribution in [-0.2, 0) is 12.8 Å². The highest BCUT2D eigenvalue weighted by Crippen LogP contribution is 2.38. The second-order valence-corrected chi connectivity index (χ2v) is 8.79. The molecule has 4 aromatic rings. The van der Waals surface area contributed by atoms with Crippen LogP contribution in [-0.4, -0.2) is 32.8 Å². The van der Waals surface area contributed by atoms with Crippen molar-refractivity contribution >= 4 is 39.7 Å². The maximum atomic E-state index is 13.0. The molecular weight excluding hydrogens is 460 g/mol. The topological polar surface area (TPSA) is 124 Å². The zero-order valence-electron chi connectivity index (χ0n) is 20.3. The van der Waals surface area contributed by atoms with Gasteiger partial charge in [-0.25, -0.2) is 4.79 Å². The average Bonchev–Trinajstić information content (AvgIpc) is 3.18. The first-order chi connectivity index (χ1) is 17.4. The van der Waals surface area contributed by atoms with Crippen molar-refractivity contribution in [2.75, 3.05) is 17.7 Å². The van der Waals surface area contributed by atoms with Crippen LogP contribution in [0.1, 0.15) is 35.5 Å². The minimum absolute atomic E-state index is 0.164. The summed E-state index contributed by atoms with van der Waals surface area (Å²) in [6.07, 6.45) is 4.00. The number of aromatic nitrogens is 3. The summed E-state index contributed by atoms with van der Waals surface area (Å²) in [5.41, 5.74) is 5.56. The largest absolute Gasteiger partial charge is 0.495 e. The lowest BCUT2D eigenvalue weighted by atomic mass is 9.92. The van der Waals surface area contributed by atoms with E-state index in [1.165, 1.54) is 13.8 Å². The number of hydrogen-bond acceptors (Lipinski definition) is 7. The van der Waals surface area contributed by atoms with Crippen molar-refractivity contribution in [3.63, 3.8) is 0 Å². The van der Waals surface area contributed by atoms with Gasteiger partial charge in [-0.05, 0) is 75.4 Å². The number of hydrogen-bond donors (Lipinski definition) is 2. The summed E-state index contributed by atoms with van der Waals surface area (Å²) in [7, 11) is 1.64. The molecule has 0 saturated heterocycles. The number of carbonyl (C=O) groups is 1. The second-order valence-electron chi connectivity index (χ2n) is 8.79. The van der Waals surface area contributed by atoms with Crippen molar-refractivity contribution in [3.8, 4) is 5.75 Å². The van der Waals surface area contributed by atoms with Gasteiger partial charge in [0.05, 0.1) is 28.9 Å². The SMILES string of the molecule is COc1ccccc1Nc1c2c(nc3ccc(NC(=O)n4nc(C)c([N+](=O)[O-])c4C)cc13)CCCC2. The summed E-state index contributed by atoms with van der Waals surface area (Å²) in [5, 5.41) is 22.6. The molecule has 2 heterocycles. The Morgan fingerprint density at radius 2 is 1.92 bits per heavy atom. The third-order valence-corrected chi connectivity index (χ3v) is 6.51. The van der Waals surface area contributed by atoms with Gasteiger partial charge in [-0.3, -0.25) is 15.1 Å². The quantitative estimate of drug-likeness (QED) is 0.275. The van der Waals surface area contributed by atoms with Crippen LogP contribution in [0.2, 0.25) is 0 Å². The van der Waals surface area contributed by atoms with E-state index < -0.39 is 11.0 Å². The van der Waals surface area contributed by atoms with Crippen LogP contribution in [0.5, 0.6) is 5.75 Å². The second kappa shape index (κ2) is 9.29. The first-order valence-electron chi connectivity index (χ1n) is 11.7. The molecule has 0 spiro atoms. The van der Waals surface area contributed by atoms with Crippen molar-refractivity contribution in [2.24, 2.45) is 0 Å². The number of benzene rings is 2. The van der Waals surface area contributed by atoms with E-state index in [2.05, 4.69) is 15.7 Å². The summed E-state index contributed by atoms with van der Waals surface area (Å²) in [5.74, 6) is 0.725. The molecule has 0 fully saturated rings. The fourth-order valence-corrected chi connectivity index (χ4v) is 4.80. The number of pyridine rings is 1. The molecule has 0 atom stereocenters. The molecule has 10 heteroatoms. The molecule has 1 amide bonds. The lowest BCUT2D eigenvalue weighted by Gasteiger charge is -2.23. The Bertz CT molecular complexity index is 1510. The van der Waals surface area contributed by atoms with E-state index in [1.54, 1.807) is 13.2 Å². The third-order valence-electron chi connectivity index (χ3n) is 6.51. The van der Waals surface area contributed by atoms with Gasteiger partial charge in [-0.2, -0.15) is 9.78 Å². The van der Waals surface area contributed by atoms with Gasteiger partial charge in [0.25, 0.3) is 0 Å². The molecule has 36 heavy (non-hydrogen) atoms. The Balaban J connectivity index is 1.57. The predicted molar refractivity (Wildman–Crippen MR) is 137 cm³/mol. The van der Waals surface area contributed by atoms with Gasteiger partial charge in [0.1, 0.15) is 17.1 Å². The lowest BCUT2D eigenvalue weighted by Crippen LogP contribution is -2.22. The number of rotatable bonds is 5. The maximum absolute atomic E-state index is 13.0. The lowest BCUT2D eigenvalue weighted by molar-refractivity contribution is -0.386. The molecule has 184 valence electrons. The fraction of sp³-hybridized carbons (Fsp3) is 0.269. The number of methoxy groups -OCH3 is 1. The molecule has 10 nitrogen and oxygen atoms in total. The molecule has 0 unspecified atom stereocenters. The molecule has 0 radical (unpaired) electrons. The van der Waals surface area contributed by atoms with Gasteiger partial charge in [-0.1, -0.05) is 12.1 Å². The molecule has 0 bridgehead atoms. The number of fused-ring (bicyclic) bond motifs is 2. The van der Waals surface area contributed by atoms with Crippen molar-refractivity contribution < 1.29 is 14.5 Å². The summed E-state index contributed by atoms with van der Waals surface area (Å²) in [6, 6.07) is 12.7. The van der Waals surface area contributed by atoms with E-state index in [0.29, 0.717) is 5.69 Å². The highest BCUT2D eigenvalue weighted by molar-refractivity contribution is 6.00. The Kier molecular flexibility index (Phi) is 6.01. The number of para-hydroxylation sites is 2. The van der Waals surface area contributed by atoms with Gasteiger partial charge < -0.3 is 15.4 Å². The molecule has 0 saturated carbocycles. The van der Waals surface area contributed by atoms with E-state index in [4.69, 9.17) is 9.72 Å². The molecule has 1 aliphatic carbocycles. The molecule has 1 aliphatic rings. The average molecular weight is 487 g/mol. The number of ether oxygens (including phenoxy) is 1. The molecule has 2 aromatic carbocycles. The van der Waals surface area contributed by atoms with E-state index in [0.717, 1.165) is 69.6 Å². The number of carbonyl (C=O) groups excluding carboxylic acids is 1. The number of anilines is 3. The van der Waals surface area contributed by atoms with Crippen LogP contribution < -0.4 is 15.4 Å². The van der Waals surface area contributed by atoms with Crippen LogP contribution in [0.4, 0.5) is 27.5 Å². The molecule has 0 aliphatic heterocycles. The van der Waals surface area contributed by atoms with Crippen molar-refractivity contribution in [1.82, 2.24) is 14.8 Å². The van der Waals surface area contributed by atoms with Crippen LogP contribution >= 0.6 is 0 Å². The first kappa shape index (κ1) is 23.3. The van der Waals surface area contributed by atoms with Gasteiger partial charge in [-0.15, -0.1) is 0 Å². The van der Waals surface area contributed by atoms with Crippen molar-refractivity contribution in [1.29, 1.82) is 0 Å². The van der Waals surface area contributed by atoms with Crippen LogP contribution in [0, 0.1) is 24.0 Å². The number of aryl methyl sites for hydroxylation is 2. The van der Waals surface area contributed by atoms with Crippen LogP contribution in [0.25, 0.3) is 10.9 Å². The highest BCUT2D eigenvalue weighted by Gasteiger charge is 2.25. The Hall–Kier alpha value is -4.47. The summed E-state index contributed by atoms with van der Waals surface area (Å²) < 4.78 is 6.57. The number of nitrogens with zero attached hydrogens (tertiary/aromatic N) is 4. The van der Waals surface area contributed by atoms with Gasteiger partial charge in [0.15, 0.2) is 0 Å². The van der Waals surface area contributed by atoms with Crippen LogP contribution in [0.3, 0.4) is 0 Å². The summed E-state index contributed by atoms with van der Waals surface area (Å²) in [6.45, 7) is 3.01. The smallest absolute Gasteiger partial charge is 0.346 e. The number of nitrogens with one attached hydrogen (secondary N) is 2. The summed E-state index contributed by atoms with van der Waals surface area (Å²) >= 11 is 0. The zero-order valence-corrected chi connectivity index (χ0v) is 20.3. The zero-order chi connectivity index (χ0) is 25.4. The monoisotopic (exact) mass is 486 g/mol. The third kappa shape index (κ3) is 4.10. The van der Waals surface area contributed by atoms with Crippen molar-refractivity contribution in [3.05, 3.63) is 75.2 Å². The van der Waals surface area contributed by atoms with E-state index in [-0.39, 0.29) is 17.1 Å². The molecule has 5 rings (SSSR count). The fourth-order valence-electron chi connectivity index (χ4n) is 4.80. The van der Waals surface area contributed by atoms with Gasteiger partial charge in [0, 0.05) is 16.8 Å². The Morgan fingerprint density at radius 3 is 2.67 bits per heavy atom. The van der Waals surface area contributed by atoms with Gasteiger partial charge >= 0.3 is 11.7 Å². The van der Waals surface area contributed by atoms with E-state index in [9.17, 15) is 14.9 Å². The molecular formula is C26H26N6O4. The molecule has 2 aromatic heterocycles. The first-order valence-corrected chi connectivity index (χ1v) is 11.7. The summed E-state index contributed by atoms with van der Waals surface area (Å²) in [4.78, 5) is 28.7. The normalized spacial score (nSPS) is 12.8. The standard InChI is InChI=1S/C26H26N6O4/c1-15-25(32(34)35)16(2)31(30-15)26(33)27-17-12-13-21-19(14-17)24(18-8-4-5-9-20(18)28-21)29-22-10-6-7-11-23(22)36-3/h6-7,10-14H,4-5,8-9H2,1-3H3,(H,27,33)(H,28,29). The predicted octanol–water partition coefficient (Wildman–Crippen LogP) is 5.67. The number of amides is 1. The van der Waals surface area contributed by atoms with E-state index >= 15 is 0 Å². The number of nitro groups is 1. The highest BCUT2D eigenvalue weighted by atomic mass is 16.6. The van der Waals surface area contributed by atoms with Gasteiger partial charge in [0.2, 0.25) is 0 Å². The minimum Gasteiger partial charge on any atom is -0.495 e.